The second kappa shape index (κ2) is 5.41. The molecule has 2 heterocycles. The van der Waals surface area contributed by atoms with Gasteiger partial charge in [0.1, 0.15) is 0 Å². The van der Waals surface area contributed by atoms with E-state index >= 15 is 0 Å². The van der Waals surface area contributed by atoms with E-state index in [2.05, 4.69) is 41.0 Å². The van der Waals surface area contributed by atoms with Gasteiger partial charge in [0, 0.05) is 19.6 Å². The van der Waals surface area contributed by atoms with Gasteiger partial charge in [-0.05, 0) is 51.4 Å². The van der Waals surface area contributed by atoms with Gasteiger partial charge in [-0.25, -0.2) is 0 Å². The molecule has 1 aliphatic heterocycles. The molecule has 0 aromatic carbocycles. The Morgan fingerprint density at radius 2 is 2.06 bits per heavy atom. The van der Waals surface area contributed by atoms with Gasteiger partial charge in [0.05, 0.1) is 0 Å². The van der Waals surface area contributed by atoms with Crippen molar-refractivity contribution in [3.8, 4) is 0 Å². The van der Waals surface area contributed by atoms with E-state index in [-0.39, 0.29) is 0 Å². The van der Waals surface area contributed by atoms with Crippen molar-refractivity contribution in [2.75, 3.05) is 32.1 Å². The molecule has 1 aromatic rings. The van der Waals surface area contributed by atoms with Crippen LogP contribution < -0.4 is 4.90 Å². The third-order valence-corrected chi connectivity index (χ3v) is 4.32. The van der Waals surface area contributed by atoms with Crippen molar-refractivity contribution in [1.29, 1.82) is 0 Å². The van der Waals surface area contributed by atoms with Crippen LogP contribution in [0.2, 0.25) is 5.15 Å². The Morgan fingerprint density at radius 3 is 2.67 bits per heavy atom. The number of hydrogen-bond donors (Lipinski definition) is 0. The number of rotatable bonds is 3. The predicted molar refractivity (Wildman–Crippen MR) is 75.4 cm³/mol. The fourth-order valence-corrected chi connectivity index (χ4v) is 2.72. The first-order valence-electron chi connectivity index (χ1n) is 6.41. The fourth-order valence-electron chi connectivity index (χ4n) is 2.54. The fraction of sp³-hybridized carbons (Fsp3) is 0.692. The normalized spacial score (nSPS) is 20.4. The van der Waals surface area contributed by atoms with Crippen LogP contribution in [-0.2, 0) is 0 Å². The van der Waals surface area contributed by atoms with E-state index in [1.165, 1.54) is 19.4 Å². The largest absolute Gasteiger partial charge is 0.356 e. The third kappa shape index (κ3) is 2.59. The average molecular weight is 269 g/mol. The number of nitrogens with zero attached hydrogens (tertiary/aromatic N) is 4. The van der Waals surface area contributed by atoms with E-state index in [1.54, 1.807) is 0 Å². The first-order chi connectivity index (χ1) is 8.50. The number of likely N-dealkylation sites (tertiary alicyclic amines) is 1. The summed E-state index contributed by atoms with van der Waals surface area (Å²) in [6.07, 6.45) is 2.55. The number of halogens is 1. The van der Waals surface area contributed by atoms with Gasteiger partial charge in [-0.3, -0.25) is 0 Å². The van der Waals surface area contributed by atoms with Gasteiger partial charge in [0.25, 0.3) is 0 Å². The highest BCUT2D eigenvalue weighted by atomic mass is 35.5. The number of likely N-dealkylation sites (N-methyl/N-ethyl adjacent to an activating group) is 2. The van der Waals surface area contributed by atoms with Crippen molar-refractivity contribution in [3.05, 3.63) is 16.3 Å². The van der Waals surface area contributed by atoms with Gasteiger partial charge in [-0.1, -0.05) is 11.6 Å². The molecule has 1 unspecified atom stereocenters. The average Bonchev–Trinajstić information content (AvgIpc) is 2.72. The Hall–Kier alpha value is -0.870. The zero-order chi connectivity index (χ0) is 13.3. The molecule has 1 saturated heterocycles. The summed E-state index contributed by atoms with van der Waals surface area (Å²) in [6, 6.07) is 0.618. The van der Waals surface area contributed by atoms with E-state index in [4.69, 9.17) is 11.6 Å². The Bertz CT molecular complexity index is 435. The van der Waals surface area contributed by atoms with Crippen molar-refractivity contribution in [3.63, 3.8) is 0 Å². The first kappa shape index (κ1) is 13.6. The van der Waals surface area contributed by atoms with Crippen molar-refractivity contribution in [2.45, 2.75) is 32.7 Å². The molecule has 0 spiro atoms. The molecule has 0 amide bonds. The van der Waals surface area contributed by atoms with E-state index < -0.39 is 0 Å². The summed E-state index contributed by atoms with van der Waals surface area (Å²) < 4.78 is 0. The number of anilines is 1. The van der Waals surface area contributed by atoms with E-state index in [0.29, 0.717) is 11.2 Å². The lowest BCUT2D eigenvalue weighted by Crippen LogP contribution is -2.37. The third-order valence-electron chi connectivity index (χ3n) is 3.96. The molecule has 1 aliphatic rings. The molecule has 18 heavy (non-hydrogen) atoms. The summed E-state index contributed by atoms with van der Waals surface area (Å²) >= 11 is 5.98. The van der Waals surface area contributed by atoms with E-state index in [0.717, 1.165) is 23.5 Å². The monoisotopic (exact) mass is 268 g/mol. The summed E-state index contributed by atoms with van der Waals surface area (Å²) in [5.41, 5.74) is 2.14. The Labute approximate surface area is 114 Å². The minimum atomic E-state index is 0.502. The van der Waals surface area contributed by atoms with Crippen LogP contribution in [0.15, 0.2) is 0 Å². The molecule has 5 heteroatoms. The van der Waals surface area contributed by atoms with Gasteiger partial charge in [-0.2, -0.15) is 0 Å². The van der Waals surface area contributed by atoms with Gasteiger partial charge >= 0.3 is 0 Å². The van der Waals surface area contributed by atoms with Gasteiger partial charge in [-0.15, -0.1) is 10.2 Å². The maximum absolute atomic E-state index is 5.98. The summed E-state index contributed by atoms with van der Waals surface area (Å²) in [6.45, 7) is 6.24. The number of hydrogen-bond acceptors (Lipinski definition) is 4. The summed E-state index contributed by atoms with van der Waals surface area (Å²) in [5.74, 6) is 0.942. The van der Waals surface area contributed by atoms with Crippen LogP contribution in [0.3, 0.4) is 0 Å². The standard InChI is InChI=1S/C13H21ClN4/c1-9-10(2)13(16-15-12(9)14)18(4)8-11-6-5-7-17(11)3/h11H,5-8H2,1-4H3. The van der Waals surface area contributed by atoms with Crippen LogP contribution in [-0.4, -0.2) is 48.3 Å². The Kier molecular flexibility index (Phi) is 4.07. The lowest BCUT2D eigenvalue weighted by Gasteiger charge is -2.27. The van der Waals surface area contributed by atoms with E-state index in [9.17, 15) is 0 Å². The molecular formula is C13H21ClN4. The van der Waals surface area contributed by atoms with Gasteiger partial charge in [0.2, 0.25) is 0 Å². The van der Waals surface area contributed by atoms with Gasteiger partial charge < -0.3 is 9.80 Å². The van der Waals surface area contributed by atoms with Crippen LogP contribution in [0.4, 0.5) is 5.82 Å². The SMILES string of the molecule is Cc1c(Cl)nnc(N(C)CC2CCCN2C)c1C. The molecule has 1 atom stereocenters. The minimum absolute atomic E-state index is 0.502. The molecule has 0 radical (unpaired) electrons. The highest BCUT2D eigenvalue weighted by Crippen LogP contribution is 2.24. The first-order valence-corrected chi connectivity index (χ1v) is 6.79. The predicted octanol–water partition coefficient (Wildman–Crippen LogP) is 2.28. The van der Waals surface area contributed by atoms with Crippen LogP contribution in [0.5, 0.6) is 0 Å². The van der Waals surface area contributed by atoms with Crippen molar-refractivity contribution in [2.24, 2.45) is 0 Å². The number of aromatic nitrogens is 2. The summed E-state index contributed by atoms with van der Waals surface area (Å²) in [5, 5.41) is 8.75. The molecule has 0 N–H and O–H groups in total. The van der Waals surface area contributed by atoms with Crippen molar-refractivity contribution < 1.29 is 0 Å². The van der Waals surface area contributed by atoms with Gasteiger partial charge in [0.15, 0.2) is 11.0 Å². The second-order valence-corrected chi connectivity index (χ2v) is 5.58. The van der Waals surface area contributed by atoms with Crippen molar-refractivity contribution >= 4 is 17.4 Å². The molecule has 1 fully saturated rings. The highest BCUT2D eigenvalue weighted by molar-refractivity contribution is 6.30. The smallest absolute Gasteiger partial charge is 0.155 e. The zero-order valence-electron chi connectivity index (χ0n) is 11.6. The molecule has 4 nitrogen and oxygen atoms in total. The molecule has 0 saturated carbocycles. The summed E-state index contributed by atoms with van der Waals surface area (Å²) in [4.78, 5) is 4.61. The van der Waals surface area contributed by atoms with E-state index in [1.807, 2.05) is 6.92 Å². The maximum atomic E-state index is 5.98. The molecule has 0 aliphatic carbocycles. The lowest BCUT2D eigenvalue weighted by atomic mass is 10.1. The minimum Gasteiger partial charge on any atom is -0.356 e. The zero-order valence-corrected chi connectivity index (χ0v) is 12.3. The molecule has 0 bridgehead atoms. The second-order valence-electron chi connectivity index (χ2n) is 5.22. The van der Waals surface area contributed by atoms with Crippen LogP contribution in [0.25, 0.3) is 0 Å². The highest BCUT2D eigenvalue weighted by Gasteiger charge is 2.23. The quantitative estimate of drug-likeness (QED) is 0.842. The Morgan fingerprint density at radius 1 is 1.33 bits per heavy atom. The lowest BCUT2D eigenvalue weighted by molar-refractivity contribution is 0.314. The Balaban J connectivity index is 2.14. The topological polar surface area (TPSA) is 32.3 Å². The van der Waals surface area contributed by atoms with Crippen LogP contribution in [0.1, 0.15) is 24.0 Å². The molecule has 100 valence electrons. The van der Waals surface area contributed by atoms with Crippen molar-refractivity contribution in [1.82, 2.24) is 15.1 Å². The summed E-state index contributed by atoms with van der Waals surface area (Å²) in [7, 11) is 4.27. The van der Waals surface area contributed by atoms with Crippen LogP contribution >= 0.6 is 11.6 Å². The maximum Gasteiger partial charge on any atom is 0.155 e. The molecule has 2 rings (SSSR count). The molecule has 1 aromatic heterocycles. The van der Waals surface area contributed by atoms with Crippen LogP contribution in [0, 0.1) is 13.8 Å². The molecular weight excluding hydrogens is 248 g/mol.